The van der Waals surface area contributed by atoms with Crippen molar-refractivity contribution >= 4 is 17.8 Å². The number of benzene rings is 1. The quantitative estimate of drug-likeness (QED) is 0.551. The first-order chi connectivity index (χ1) is 11.4. The van der Waals surface area contributed by atoms with Gasteiger partial charge in [-0.3, -0.25) is 9.59 Å². The number of hydrogen-bond acceptors (Lipinski definition) is 5. The standard InChI is InChI=1S/C16H21N3O5/c17-9-14(21)18-12(8-10-3-5-11(20)6-4-10)15(22)19-7-1-2-13(19)16(23)24/h3-6,12-13,20H,1-2,7-9,17H2,(H,18,21)(H,23,24)/t12-,13-/m0/s1. The Kier molecular flexibility index (Phi) is 5.75. The minimum Gasteiger partial charge on any atom is -0.508 e. The maximum absolute atomic E-state index is 12.7. The van der Waals surface area contributed by atoms with E-state index in [4.69, 9.17) is 5.73 Å². The van der Waals surface area contributed by atoms with Crippen LogP contribution < -0.4 is 11.1 Å². The molecular formula is C16H21N3O5. The molecule has 5 N–H and O–H groups in total. The number of nitrogens with two attached hydrogens (primary N) is 1. The topological polar surface area (TPSA) is 133 Å². The van der Waals surface area contributed by atoms with Crippen LogP contribution in [-0.4, -0.2) is 58.1 Å². The van der Waals surface area contributed by atoms with Crippen molar-refractivity contribution in [3.63, 3.8) is 0 Å². The van der Waals surface area contributed by atoms with Gasteiger partial charge in [0.15, 0.2) is 0 Å². The van der Waals surface area contributed by atoms with Gasteiger partial charge < -0.3 is 26.2 Å². The van der Waals surface area contributed by atoms with Crippen LogP contribution in [0.3, 0.4) is 0 Å². The number of carboxylic acid groups (broad SMARTS) is 1. The molecule has 1 aromatic carbocycles. The summed E-state index contributed by atoms with van der Waals surface area (Å²) in [6.45, 7) is 0.0854. The molecule has 0 unspecified atom stereocenters. The number of carbonyl (C=O) groups is 3. The summed E-state index contributed by atoms with van der Waals surface area (Å²) in [4.78, 5) is 37.0. The smallest absolute Gasteiger partial charge is 0.326 e. The fourth-order valence-corrected chi connectivity index (χ4v) is 2.81. The number of rotatable bonds is 6. The zero-order chi connectivity index (χ0) is 17.7. The highest BCUT2D eigenvalue weighted by Crippen LogP contribution is 2.20. The Balaban J connectivity index is 2.18. The molecule has 1 aliphatic rings. The van der Waals surface area contributed by atoms with E-state index in [1.807, 2.05) is 0 Å². The third-order valence-corrected chi connectivity index (χ3v) is 4.02. The predicted molar refractivity (Wildman–Crippen MR) is 85.2 cm³/mol. The molecule has 0 spiro atoms. The summed E-state index contributed by atoms with van der Waals surface area (Å²) >= 11 is 0. The molecule has 1 heterocycles. The lowest BCUT2D eigenvalue weighted by Gasteiger charge is -2.27. The molecule has 1 aliphatic heterocycles. The molecule has 0 aromatic heterocycles. The Morgan fingerprint density at radius 2 is 1.96 bits per heavy atom. The molecule has 0 bridgehead atoms. The molecule has 24 heavy (non-hydrogen) atoms. The first kappa shape index (κ1) is 17.7. The molecule has 0 saturated carbocycles. The highest BCUT2D eigenvalue weighted by Gasteiger charge is 2.37. The average Bonchev–Trinajstić information content (AvgIpc) is 3.05. The number of aliphatic carboxylic acids is 1. The highest BCUT2D eigenvalue weighted by atomic mass is 16.4. The number of nitrogens with zero attached hydrogens (tertiary/aromatic N) is 1. The zero-order valence-electron chi connectivity index (χ0n) is 13.1. The summed E-state index contributed by atoms with van der Waals surface area (Å²) in [6.07, 6.45) is 1.20. The van der Waals surface area contributed by atoms with Crippen molar-refractivity contribution in [2.45, 2.75) is 31.3 Å². The van der Waals surface area contributed by atoms with Gasteiger partial charge in [0.25, 0.3) is 0 Å². The largest absolute Gasteiger partial charge is 0.508 e. The summed E-state index contributed by atoms with van der Waals surface area (Å²) in [5, 5.41) is 21.1. The molecule has 8 heteroatoms. The number of phenols is 1. The molecule has 130 valence electrons. The number of carboxylic acids is 1. The van der Waals surface area contributed by atoms with E-state index in [0.29, 0.717) is 19.4 Å². The zero-order valence-corrected chi connectivity index (χ0v) is 13.1. The average molecular weight is 335 g/mol. The summed E-state index contributed by atoms with van der Waals surface area (Å²) in [5.74, 6) is -1.87. The molecule has 0 aliphatic carbocycles. The van der Waals surface area contributed by atoms with Gasteiger partial charge in [0.1, 0.15) is 17.8 Å². The van der Waals surface area contributed by atoms with Gasteiger partial charge in [-0.15, -0.1) is 0 Å². The summed E-state index contributed by atoms with van der Waals surface area (Å²) < 4.78 is 0. The van der Waals surface area contributed by atoms with Crippen LogP contribution in [-0.2, 0) is 20.8 Å². The van der Waals surface area contributed by atoms with Crippen molar-refractivity contribution < 1.29 is 24.6 Å². The van der Waals surface area contributed by atoms with Gasteiger partial charge >= 0.3 is 5.97 Å². The van der Waals surface area contributed by atoms with E-state index in [9.17, 15) is 24.6 Å². The third kappa shape index (κ3) is 4.23. The van der Waals surface area contributed by atoms with Crippen LogP contribution in [0.2, 0.25) is 0 Å². The van der Waals surface area contributed by atoms with Gasteiger partial charge in [-0.25, -0.2) is 4.79 Å². The van der Waals surface area contributed by atoms with Crippen LogP contribution in [0.25, 0.3) is 0 Å². The Morgan fingerprint density at radius 3 is 2.54 bits per heavy atom. The molecule has 1 saturated heterocycles. The van der Waals surface area contributed by atoms with E-state index in [2.05, 4.69) is 5.32 Å². The lowest BCUT2D eigenvalue weighted by Crippen LogP contribution is -2.53. The summed E-state index contributed by atoms with van der Waals surface area (Å²) in [5.41, 5.74) is 6.03. The Morgan fingerprint density at radius 1 is 1.29 bits per heavy atom. The van der Waals surface area contributed by atoms with Crippen LogP contribution >= 0.6 is 0 Å². The van der Waals surface area contributed by atoms with Crippen LogP contribution in [0, 0.1) is 0 Å². The number of carbonyl (C=O) groups excluding carboxylic acids is 2. The van der Waals surface area contributed by atoms with Crippen molar-refractivity contribution in [3.8, 4) is 5.75 Å². The predicted octanol–water partition coefficient (Wildman–Crippen LogP) is -0.546. The summed E-state index contributed by atoms with van der Waals surface area (Å²) in [7, 11) is 0. The second-order valence-corrected chi connectivity index (χ2v) is 5.72. The van der Waals surface area contributed by atoms with Gasteiger partial charge in [0.05, 0.1) is 6.54 Å². The van der Waals surface area contributed by atoms with Crippen LogP contribution in [0.15, 0.2) is 24.3 Å². The number of likely N-dealkylation sites (tertiary alicyclic amines) is 1. The van der Waals surface area contributed by atoms with Crippen molar-refractivity contribution in [1.29, 1.82) is 0 Å². The molecule has 1 fully saturated rings. The first-order valence-electron chi connectivity index (χ1n) is 7.73. The number of hydrogen-bond donors (Lipinski definition) is 4. The monoisotopic (exact) mass is 335 g/mol. The van der Waals surface area contributed by atoms with Crippen molar-refractivity contribution in [1.82, 2.24) is 10.2 Å². The molecule has 0 radical (unpaired) electrons. The van der Waals surface area contributed by atoms with Crippen molar-refractivity contribution in [2.24, 2.45) is 5.73 Å². The molecule has 8 nitrogen and oxygen atoms in total. The molecule has 2 rings (SSSR count). The van der Waals surface area contributed by atoms with Gasteiger partial charge in [-0.2, -0.15) is 0 Å². The van der Waals surface area contributed by atoms with Gasteiger partial charge in [0, 0.05) is 13.0 Å². The van der Waals surface area contributed by atoms with E-state index in [1.54, 1.807) is 12.1 Å². The number of nitrogens with one attached hydrogen (secondary N) is 1. The van der Waals surface area contributed by atoms with E-state index in [0.717, 1.165) is 5.56 Å². The molecule has 2 amide bonds. The van der Waals surface area contributed by atoms with Crippen LogP contribution in [0.5, 0.6) is 5.75 Å². The van der Waals surface area contributed by atoms with E-state index >= 15 is 0 Å². The lowest BCUT2D eigenvalue weighted by atomic mass is 10.0. The normalized spacial score (nSPS) is 18.2. The van der Waals surface area contributed by atoms with Crippen LogP contribution in [0.1, 0.15) is 18.4 Å². The van der Waals surface area contributed by atoms with Gasteiger partial charge in [0.2, 0.25) is 11.8 Å². The fourth-order valence-electron chi connectivity index (χ4n) is 2.81. The fraction of sp³-hybridized carbons (Fsp3) is 0.438. The van der Waals surface area contributed by atoms with Gasteiger partial charge in [-0.1, -0.05) is 12.1 Å². The maximum atomic E-state index is 12.7. The molecular weight excluding hydrogens is 314 g/mol. The summed E-state index contributed by atoms with van der Waals surface area (Å²) in [6, 6.07) is 4.49. The first-order valence-corrected chi connectivity index (χ1v) is 7.73. The van der Waals surface area contributed by atoms with Crippen molar-refractivity contribution in [2.75, 3.05) is 13.1 Å². The minimum absolute atomic E-state index is 0.0955. The van der Waals surface area contributed by atoms with E-state index in [-0.39, 0.29) is 18.7 Å². The van der Waals surface area contributed by atoms with Crippen molar-refractivity contribution in [3.05, 3.63) is 29.8 Å². The lowest BCUT2D eigenvalue weighted by molar-refractivity contribution is -0.149. The third-order valence-electron chi connectivity index (χ3n) is 4.02. The second-order valence-electron chi connectivity index (χ2n) is 5.72. The number of aromatic hydroxyl groups is 1. The minimum atomic E-state index is -1.05. The number of amides is 2. The number of phenolic OH excluding ortho intramolecular Hbond substituents is 1. The second kappa shape index (κ2) is 7.78. The van der Waals surface area contributed by atoms with Gasteiger partial charge in [-0.05, 0) is 30.5 Å². The highest BCUT2D eigenvalue weighted by molar-refractivity contribution is 5.91. The Bertz CT molecular complexity index is 617. The van der Waals surface area contributed by atoms with E-state index in [1.165, 1.54) is 17.0 Å². The maximum Gasteiger partial charge on any atom is 0.326 e. The molecule has 2 atom stereocenters. The Hall–Kier alpha value is -2.61. The Labute approximate surface area is 139 Å². The van der Waals surface area contributed by atoms with E-state index < -0.39 is 29.9 Å². The van der Waals surface area contributed by atoms with Crippen LogP contribution in [0.4, 0.5) is 0 Å². The SMILES string of the molecule is NCC(=O)N[C@@H](Cc1ccc(O)cc1)C(=O)N1CCC[C@H]1C(=O)O. The molecule has 1 aromatic rings.